The van der Waals surface area contributed by atoms with Crippen LogP contribution in [0.15, 0.2) is 35.7 Å². The number of hydrogen-bond acceptors (Lipinski definition) is 5. The second kappa shape index (κ2) is 10.3. The summed E-state index contributed by atoms with van der Waals surface area (Å²) in [7, 11) is 0. The number of hydrogen-bond donors (Lipinski definition) is 1. The SMILES string of the molecule is CCCCCCCCCCC[C@@H]1C(C#N)=C(N)O[C@H]2c3ccccc3OC(=O)[C@@H]12. The molecule has 0 aromatic heterocycles. The second-order valence-corrected chi connectivity index (χ2v) is 8.14. The molecule has 0 fully saturated rings. The fraction of sp³-hybridized carbons (Fsp3) is 0.583. The molecule has 0 unspecified atom stereocenters. The maximum Gasteiger partial charge on any atom is 0.319 e. The average Bonchev–Trinajstić information content (AvgIpc) is 2.72. The Morgan fingerprint density at radius 2 is 1.69 bits per heavy atom. The van der Waals surface area contributed by atoms with Gasteiger partial charge in [-0.2, -0.15) is 5.26 Å². The monoisotopic (exact) mass is 396 g/mol. The molecule has 0 saturated carbocycles. The quantitative estimate of drug-likeness (QED) is 0.319. The van der Waals surface area contributed by atoms with E-state index in [1.807, 2.05) is 18.2 Å². The highest BCUT2D eigenvalue weighted by Gasteiger charge is 2.49. The van der Waals surface area contributed by atoms with Gasteiger partial charge in [0, 0.05) is 11.5 Å². The molecule has 2 N–H and O–H groups in total. The first-order valence-corrected chi connectivity index (χ1v) is 11.0. The van der Waals surface area contributed by atoms with E-state index < -0.39 is 12.0 Å². The summed E-state index contributed by atoms with van der Waals surface area (Å²) in [4.78, 5) is 12.8. The van der Waals surface area contributed by atoms with Crippen molar-refractivity contribution in [1.82, 2.24) is 0 Å². The van der Waals surface area contributed by atoms with E-state index in [4.69, 9.17) is 15.2 Å². The minimum atomic E-state index is -0.513. The third-order valence-electron chi connectivity index (χ3n) is 6.10. The lowest BCUT2D eigenvalue weighted by molar-refractivity contribution is -0.150. The highest BCUT2D eigenvalue weighted by Crippen LogP contribution is 2.48. The first kappa shape index (κ1) is 21.2. The molecule has 2 heterocycles. The molecule has 2 aliphatic heterocycles. The number of ether oxygens (including phenoxy) is 2. The van der Waals surface area contributed by atoms with Crippen LogP contribution in [0.3, 0.4) is 0 Å². The van der Waals surface area contributed by atoms with Crippen molar-refractivity contribution in [1.29, 1.82) is 5.26 Å². The van der Waals surface area contributed by atoms with Crippen molar-refractivity contribution in [3.8, 4) is 11.8 Å². The van der Waals surface area contributed by atoms with E-state index in [1.165, 1.54) is 44.9 Å². The Balaban J connectivity index is 1.60. The minimum Gasteiger partial charge on any atom is -0.469 e. The van der Waals surface area contributed by atoms with Crippen molar-refractivity contribution in [2.24, 2.45) is 17.6 Å². The summed E-state index contributed by atoms with van der Waals surface area (Å²) in [5.74, 6) is -0.409. The Morgan fingerprint density at radius 1 is 1.03 bits per heavy atom. The molecular formula is C24H32N2O3. The molecule has 0 aliphatic carbocycles. The molecule has 156 valence electrons. The van der Waals surface area contributed by atoms with E-state index in [0.29, 0.717) is 11.3 Å². The molecule has 0 amide bonds. The molecule has 5 nitrogen and oxygen atoms in total. The zero-order chi connectivity index (χ0) is 20.6. The van der Waals surface area contributed by atoms with Gasteiger partial charge in [-0.25, -0.2) is 0 Å². The number of nitrogens with two attached hydrogens (primary N) is 1. The van der Waals surface area contributed by atoms with Gasteiger partial charge >= 0.3 is 5.97 Å². The number of carbonyl (C=O) groups is 1. The Hall–Kier alpha value is -2.48. The molecule has 3 rings (SSSR count). The highest BCUT2D eigenvalue weighted by atomic mass is 16.6. The van der Waals surface area contributed by atoms with Gasteiger partial charge in [0.25, 0.3) is 0 Å². The summed E-state index contributed by atoms with van der Waals surface area (Å²) in [5.41, 5.74) is 7.30. The molecule has 0 radical (unpaired) electrons. The van der Waals surface area contributed by atoms with Crippen LogP contribution >= 0.6 is 0 Å². The predicted molar refractivity (Wildman–Crippen MR) is 112 cm³/mol. The van der Waals surface area contributed by atoms with E-state index in [9.17, 15) is 10.1 Å². The highest BCUT2D eigenvalue weighted by molar-refractivity contribution is 5.80. The fourth-order valence-corrected chi connectivity index (χ4v) is 4.51. The molecule has 3 atom stereocenters. The molecule has 0 spiro atoms. The maximum absolute atomic E-state index is 12.8. The van der Waals surface area contributed by atoms with Gasteiger partial charge < -0.3 is 15.2 Å². The third-order valence-corrected chi connectivity index (χ3v) is 6.10. The number of nitrogens with zero attached hydrogens (tertiary/aromatic N) is 1. The predicted octanol–water partition coefficient (Wildman–Crippen LogP) is 5.52. The van der Waals surface area contributed by atoms with Gasteiger partial charge in [0.15, 0.2) is 5.88 Å². The largest absolute Gasteiger partial charge is 0.469 e. The van der Waals surface area contributed by atoms with E-state index in [1.54, 1.807) is 6.07 Å². The summed E-state index contributed by atoms with van der Waals surface area (Å²) in [6.45, 7) is 2.23. The Kier molecular flexibility index (Phi) is 7.57. The molecular weight excluding hydrogens is 364 g/mol. The van der Waals surface area contributed by atoms with Crippen molar-refractivity contribution < 1.29 is 14.3 Å². The van der Waals surface area contributed by atoms with Gasteiger partial charge in [0.05, 0.1) is 5.57 Å². The van der Waals surface area contributed by atoms with Crippen LogP contribution in [-0.2, 0) is 9.53 Å². The fourth-order valence-electron chi connectivity index (χ4n) is 4.51. The lowest BCUT2D eigenvalue weighted by atomic mass is 9.74. The van der Waals surface area contributed by atoms with E-state index in [-0.39, 0.29) is 17.8 Å². The average molecular weight is 397 g/mol. The van der Waals surface area contributed by atoms with Gasteiger partial charge in [-0.05, 0) is 12.5 Å². The van der Waals surface area contributed by atoms with Crippen LogP contribution in [0.5, 0.6) is 5.75 Å². The second-order valence-electron chi connectivity index (χ2n) is 8.14. The smallest absolute Gasteiger partial charge is 0.319 e. The molecule has 1 aromatic carbocycles. The van der Waals surface area contributed by atoms with Crippen molar-refractivity contribution in [3.05, 3.63) is 41.3 Å². The van der Waals surface area contributed by atoms with Crippen LogP contribution in [0.2, 0.25) is 0 Å². The molecule has 0 saturated heterocycles. The zero-order valence-corrected chi connectivity index (χ0v) is 17.4. The maximum atomic E-state index is 12.8. The lowest BCUT2D eigenvalue weighted by Gasteiger charge is -2.40. The van der Waals surface area contributed by atoms with Gasteiger partial charge in [0.1, 0.15) is 23.8 Å². The van der Waals surface area contributed by atoms with Crippen LogP contribution in [0.4, 0.5) is 0 Å². The van der Waals surface area contributed by atoms with Crippen LogP contribution in [-0.4, -0.2) is 5.97 Å². The van der Waals surface area contributed by atoms with Gasteiger partial charge in [-0.1, -0.05) is 82.9 Å². The number of esters is 1. The van der Waals surface area contributed by atoms with Gasteiger partial charge in [-0.15, -0.1) is 0 Å². The number of benzene rings is 1. The normalized spacial score (nSPS) is 22.9. The summed E-state index contributed by atoms with van der Waals surface area (Å²) in [5, 5.41) is 9.63. The number of rotatable bonds is 10. The number of allylic oxidation sites excluding steroid dienone is 1. The summed E-state index contributed by atoms with van der Waals surface area (Å²) >= 11 is 0. The number of para-hydroxylation sites is 1. The Morgan fingerprint density at radius 3 is 2.38 bits per heavy atom. The first-order chi connectivity index (χ1) is 14.2. The summed E-state index contributed by atoms with van der Waals surface area (Å²) in [6.07, 6.45) is 11.3. The van der Waals surface area contributed by atoms with Crippen molar-refractivity contribution in [2.75, 3.05) is 0 Å². The zero-order valence-electron chi connectivity index (χ0n) is 17.4. The summed E-state index contributed by atoms with van der Waals surface area (Å²) in [6, 6.07) is 9.58. The molecule has 2 aliphatic rings. The minimum absolute atomic E-state index is 0.152. The number of carbonyl (C=O) groups excluding carboxylic acids is 1. The van der Waals surface area contributed by atoms with Crippen LogP contribution in [0.25, 0.3) is 0 Å². The summed E-state index contributed by atoms with van der Waals surface area (Å²) < 4.78 is 11.4. The number of fused-ring (bicyclic) bond motifs is 3. The van der Waals surface area contributed by atoms with Gasteiger partial charge in [-0.3, -0.25) is 4.79 Å². The third kappa shape index (κ3) is 4.93. The number of unbranched alkanes of at least 4 members (excludes halogenated alkanes) is 8. The lowest BCUT2D eigenvalue weighted by Crippen LogP contribution is -2.42. The molecule has 1 aromatic rings. The standard InChI is InChI=1S/C24H32N2O3/c1-2-3-4-5-6-7-8-9-10-13-17-19(16-25)23(26)29-22-18-14-11-12-15-20(18)28-24(27)21(17)22/h11-12,14-15,17,21-22H,2-10,13,26H2,1H3/t17-,21+,22+/m1/s1. The van der Waals surface area contributed by atoms with Crippen molar-refractivity contribution >= 4 is 5.97 Å². The van der Waals surface area contributed by atoms with E-state index in [2.05, 4.69) is 13.0 Å². The topological polar surface area (TPSA) is 85.3 Å². The number of nitriles is 1. The van der Waals surface area contributed by atoms with Crippen LogP contribution < -0.4 is 10.5 Å². The molecule has 29 heavy (non-hydrogen) atoms. The van der Waals surface area contributed by atoms with Crippen LogP contribution in [0.1, 0.15) is 82.8 Å². The van der Waals surface area contributed by atoms with Gasteiger partial charge in [0.2, 0.25) is 0 Å². The van der Waals surface area contributed by atoms with Crippen molar-refractivity contribution in [3.63, 3.8) is 0 Å². The van der Waals surface area contributed by atoms with Crippen molar-refractivity contribution in [2.45, 2.75) is 77.2 Å². The first-order valence-electron chi connectivity index (χ1n) is 11.0. The molecule has 0 bridgehead atoms. The Labute approximate surface area is 173 Å². The van der Waals surface area contributed by atoms with Crippen LogP contribution in [0, 0.1) is 23.2 Å². The Bertz CT molecular complexity index is 781. The van der Waals surface area contributed by atoms with E-state index >= 15 is 0 Å². The molecule has 5 heteroatoms. The van der Waals surface area contributed by atoms with E-state index in [0.717, 1.165) is 24.8 Å².